The fourth-order valence-electron chi connectivity index (χ4n) is 11.0. The van der Waals surface area contributed by atoms with Gasteiger partial charge in [0.1, 0.15) is 0 Å². The number of nitrogens with zero attached hydrogens (tertiary/aromatic N) is 3. The number of phosphoric ester groups is 1. The summed E-state index contributed by atoms with van der Waals surface area (Å²) in [5, 5.41) is 0. The Bertz CT molecular complexity index is 1860. The highest BCUT2D eigenvalue weighted by molar-refractivity contribution is 7.60. The fourth-order valence-corrected chi connectivity index (χ4v) is 12.5. The van der Waals surface area contributed by atoms with Crippen molar-refractivity contribution in [2.45, 2.75) is 270 Å². The van der Waals surface area contributed by atoms with Crippen LogP contribution in [-0.2, 0) is 29.3 Å². The summed E-state index contributed by atoms with van der Waals surface area (Å²) in [5.74, 6) is -0.0338. The molecule has 1 atom stereocenters. The molecule has 0 fully saturated rings. The summed E-state index contributed by atoms with van der Waals surface area (Å²) in [4.78, 5) is 38.9. The van der Waals surface area contributed by atoms with Gasteiger partial charge < -0.3 is 32.9 Å². The van der Waals surface area contributed by atoms with Gasteiger partial charge in [0, 0.05) is 11.1 Å². The van der Waals surface area contributed by atoms with E-state index >= 15 is 0 Å². The van der Waals surface area contributed by atoms with Crippen molar-refractivity contribution in [3.63, 3.8) is 0 Å². The summed E-state index contributed by atoms with van der Waals surface area (Å²) in [6, 6.07) is 16.5. The third-order valence-electron chi connectivity index (χ3n) is 16.6. The number of hydrogen-bond acceptors (Lipinski definition) is 6. The van der Waals surface area contributed by atoms with Crippen molar-refractivity contribution in [2.24, 2.45) is 0 Å². The molecular weight excluding hydrogens is 1110 g/mol. The molecule has 0 saturated carbocycles. The molecule has 0 radical (unpaired) electrons. The van der Waals surface area contributed by atoms with Crippen LogP contribution >= 0.6 is 15.6 Å². The number of carbonyl (C=O) groups excluding carboxylic acids is 1. The molecule has 0 aliphatic rings. The van der Waals surface area contributed by atoms with E-state index in [-0.39, 0.29) is 12.4 Å². The quantitative estimate of drug-likeness (QED) is 0.0256. The van der Waals surface area contributed by atoms with Gasteiger partial charge in [-0.15, -0.1) is 0 Å². The molecule has 2 aromatic carbocycles. The van der Waals surface area contributed by atoms with Crippen LogP contribution in [0.4, 0.5) is 0 Å². The molecular formula is C72H138N3O9P2+3. The van der Waals surface area contributed by atoms with E-state index in [1.807, 2.05) is 49.4 Å². The molecule has 0 spiro atoms. The van der Waals surface area contributed by atoms with Crippen molar-refractivity contribution in [3.05, 3.63) is 94.6 Å². The largest absolute Gasteiger partial charge is 0.481 e. The molecule has 0 bridgehead atoms. The van der Waals surface area contributed by atoms with Gasteiger partial charge in [-0.2, -0.15) is 4.31 Å². The number of carbonyl (C=O) groups is 1. The van der Waals surface area contributed by atoms with Gasteiger partial charge in [-0.05, 0) is 115 Å². The number of quaternary nitrogens is 3. The number of ketones is 1. The van der Waals surface area contributed by atoms with Crippen molar-refractivity contribution in [3.8, 4) is 0 Å². The van der Waals surface area contributed by atoms with E-state index in [1.54, 1.807) is 25.1 Å². The molecule has 502 valence electrons. The lowest BCUT2D eigenvalue weighted by molar-refractivity contribution is -0.929. The molecule has 2 aromatic rings. The third kappa shape index (κ3) is 45.0. The van der Waals surface area contributed by atoms with Crippen molar-refractivity contribution >= 4 is 21.4 Å². The van der Waals surface area contributed by atoms with Crippen LogP contribution in [0, 0.1) is 0 Å². The summed E-state index contributed by atoms with van der Waals surface area (Å²) < 4.78 is 40.3. The first-order valence-electron chi connectivity index (χ1n) is 35.0. The number of unbranched alkanes of at least 4 members (excludes halogenated alkanes) is 12. The molecule has 14 heteroatoms. The Kier molecular flexibility index (Phi) is 54.3. The van der Waals surface area contributed by atoms with E-state index in [4.69, 9.17) is 14.5 Å². The monoisotopic (exact) mass is 1250 g/mol. The minimum absolute atomic E-state index is 0.0338. The van der Waals surface area contributed by atoms with E-state index in [0.717, 1.165) is 16.7 Å². The van der Waals surface area contributed by atoms with E-state index in [1.165, 1.54) is 252 Å². The highest BCUT2D eigenvalue weighted by Gasteiger charge is 2.32. The number of rotatable bonds is 50. The molecule has 0 aliphatic heterocycles. The summed E-state index contributed by atoms with van der Waals surface area (Å²) in [6.45, 7) is 49.3. The van der Waals surface area contributed by atoms with E-state index in [9.17, 15) is 18.8 Å². The predicted octanol–water partition coefficient (Wildman–Crippen LogP) is 20.3. The standard InChI is InChI=1S/C24H30O9P2.3C16H36N/c1-19(14-15-32-35(29,30)33-34(26,27)28)8-6-9-20(2)17-31-18-21-10-7-13-23(16-21)24(25)22-11-4-3-5-12-22;3*1-5-9-13-17(14-10-6-2,15-11-7-3)16-12-8-4/h3-5,7,9-14,16H,6,8,15,17-18H2,1-2H3,(H,29,30)(H2,26,27,28);3*5-16H2,1-4H3/q;3*+1/b19-14+,20-9+;;;. The van der Waals surface area contributed by atoms with Crippen LogP contribution in [0.25, 0.3) is 0 Å². The van der Waals surface area contributed by atoms with Crippen LogP contribution in [0.1, 0.15) is 285 Å². The summed E-state index contributed by atoms with van der Waals surface area (Å²) in [7, 11) is -9.95. The molecule has 12 nitrogen and oxygen atoms in total. The van der Waals surface area contributed by atoms with Gasteiger partial charge in [-0.25, -0.2) is 9.13 Å². The first-order valence-corrected chi connectivity index (χ1v) is 38.1. The average Bonchev–Trinajstić information content (AvgIpc) is 3.64. The number of benzene rings is 2. The minimum Gasteiger partial charge on any atom is -0.372 e. The Hall–Kier alpha value is -2.31. The number of allylic oxidation sites excluding steroid dienone is 2. The molecule has 1 unspecified atom stereocenters. The average molecular weight is 1250 g/mol. The SMILES string of the molecule is C/C(=C\COP(=O)(O)OP(=O)(O)O)CC/C=C(\C)COCc1cccc(C(=O)c2ccccc2)c1.CCCC[N+](CCCC)(CCCC)CCCC.CCCC[N+](CCCC)(CCCC)CCCC.CCCC[N+](CCCC)(CCCC)CCCC. The third-order valence-corrected chi connectivity index (χ3v) is 18.7. The first kappa shape index (κ1) is 85.8. The van der Waals surface area contributed by atoms with Crippen LogP contribution in [-0.4, -0.2) is 126 Å². The van der Waals surface area contributed by atoms with E-state index in [2.05, 4.69) is 91.9 Å². The molecule has 86 heavy (non-hydrogen) atoms. The van der Waals surface area contributed by atoms with Gasteiger partial charge in [0.2, 0.25) is 0 Å². The molecule has 0 amide bonds. The van der Waals surface area contributed by atoms with Gasteiger partial charge in [-0.1, -0.05) is 232 Å². The summed E-state index contributed by atoms with van der Waals surface area (Å²) >= 11 is 0. The highest BCUT2D eigenvalue weighted by Crippen LogP contribution is 2.57. The second-order valence-corrected chi connectivity index (χ2v) is 27.6. The molecule has 0 heterocycles. The maximum atomic E-state index is 12.6. The Morgan fingerprint density at radius 1 is 0.442 bits per heavy atom. The zero-order valence-corrected chi connectivity index (χ0v) is 60.2. The highest BCUT2D eigenvalue weighted by atomic mass is 31.3. The van der Waals surface area contributed by atoms with Crippen molar-refractivity contribution in [1.82, 2.24) is 0 Å². The van der Waals surface area contributed by atoms with Crippen molar-refractivity contribution in [2.75, 3.05) is 91.8 Å². The van der Waals surface area contributed by atoms with Crippen molar-refractivity contribution < 1.29 is 55.6 Å². The Morgan fingerprint density at radius 2 is 0.767 bits per heavy atom. The molecule has 0 aromatic heterocycles. The van der Waals surface area contributed by atoms with Gasteiger partial charge in [0.15, 0.2) is 5.78 Å². The number of phosphoric acid groups is 2. The topological polar surface area (TPSA) is 140 Å². The zero-order valence-electron chi connectivity index (χ0n) is 58.4. The summed E-state index contributed by atoms with van der Waals surface area (Å²) in [5.41, 5.74) is 4.05. The second-order valence-electron chi connectivity index (χ2n) is 24.8. The Labute approximate surface area is 531 Å². The first-order chi connectivity index (χ1) is 41.2. The lowest BCUT2D eigenvalue weighted by Gasteiger charge is -2.39. The lowest BCUT2D eigenvalue weighted by Crippen LogP contribution is -2.50. The number of hydrogen-bond donors (Lipinski definition) is 3. The number of ether oxygens (including phenoxy) is 1. The Morgan fingerprint density at radius 3 is 1.08 bits per heavy atom. The van der Waals surface area contributed by atoms with Crippen LogP contribution in [0.15, 0.2) is 77.9 Å². The van der Waals surface area contributed by atoms with E-state index in [0.29, 0.717) is 37.2 Å². The molecule has 0 saturated heterocycles. The Balaban J connectivity index is 0. The van der Waals surface area contributed by atoms with Crippen molar-refractivity contribution in [1.29, 1.82) is 0 Å². The second kappa shape index (κ2) is 54.4. The zero-order chi connectivity index (χ0) is 64.9. The lowest BCUT2D eigenvalue weighted by atomic mass is 10.0. The van der Waals surface area contributed by atoms with E-state index < -0.39 is 15.6 Å². The van der Waals surface area contributed by atoms with Crippen LogP contribution in [0.3, 0.4) is 0 Å². The van der Waals surface area contributed by atoms with Gasteiger partial charge >= 0.3 is 15.6 Å². The van der Waals surface area contributed by atoms with Gasteiger partial charge in [0.05, 0.1) is 98.4 Å². The van der Waals surface area contributed by atoms with Gasteiger partial charge in [-0.3, -0.25) is 9.32 Å². The molecule has 0 aliphatic carbocycles. The molecule has 3 N–H and O–H groups in total. The maximum absolute atomic E-state index is 12.6. The smallest absolute Gasteiger partial charge is 0.372 e. The normalized spacial score (nSPS) is 13.0. The van der Waals surface area contributed by atoms with Gasteiger partial charge in [0.25, 0.3) is 0 Å². The molecule has 2 rings (SSSR count). The maximum Gasteiger partial charge on any atom is 0.481 e. The van der Waals surface area contributed by atoms with Crippen LogP contribution in [0.5, 0.6) is 0 Å². The van der Waals surface area contributed by atoms with Crippen LogP contribution < -0.4 is 0 Å². The van der Waals surface area contributed by atoms with Crippen LogP contribution in [0.2, 0.25) is 0 Å². The summed E-state index contributed by atoms with van der Waals surface area (Å²) in [6.07, 6.45) is 38.1. The predicted molar refractivity (Wildman–Crippen MR) is 370 cm³/mol. The minimum atomic E-state index is -5.12. The fraction of sp³-hybridized carbons (Fsp3) is 0.764.